The first-order valence-corrected chi connectivity index (χ1v) is 5.14. The molecule has 1 aromatic rings. The van der Waals surface area contributed by atoms with E-state index in [0.717, 1.165) is 5.69 Å². The van der Waals surface area contributed by atoms with E-state index in [1.807, 2.05) is 6.92 Å². The van der Waals surface area contributed by atoms with Gasteiger partial charge in [0.1, 0.15) is 0 Å². The van der Waals surface area contributed by atoms with Crippen LogP contribution in [-0.2, 0) is 19.1 Å². The van der Waals surface area contributed by atoms with Crippen LogP contribution in [0.1, 0.15) is 5.69 Å². The number of hydrogen-bond acceptors (Lipinski definition) is 6. The summed E-state index contributed by atoms with van der Waals surface area (Å²) in [5.41, 5.74) is 1.29. The molecule has 6 nitrogen and oxygen atoms in total. The molecule has 0 fully saturated rings. The Morgan fingerprint density at radius 2 is 1.83 bits per heavy atom. The maximum Gasteiger partial charge on any atom is 0.346 e. The maximum atomic E-state index is 11.3. The summed E-state index contributed by atoms with van der Waals surface area (Å²) in [4.78, 5) is 26.7. The van der Waals surface area contributed by atoms with E-state index in [1.165, 1.54) is 20.4 Å². The van der Waals surface area contributed by atoms with E-state index >= 15 is 0 Å². The molecule has 1 rings (SSSR count). The highest BCUT2D eigenvalue weighted by atomic mass is 16.5. The summed E-state index contributed by atoms with van der Waals surface area (Å²) in [7, 11) is 2.37. The van der Waals surface area contributed by atoms with Crippen LogP contribution in [0.5, 0.6) is 0 Å². The van der Waals surface area contributed by atoms with Crippen LogP contribution < -0.4 is 5.32 Å². The number of nitrogens with zero attached hydrogens (tertiary/aromatic N) is 1. The number of aromatic nitrogens is 1. The minimum Gasteiger partial charge on any atom is -0.465 e. The van der Waals surface area contributed by atoms with Gasteiger partial charge in [0.05, 0.1) is 26.1 Å². The molecule has 0 saturated carbocycles. The molecule has 0 unspecified atom stereocenters. The van der Waals surface area contributed by atoms with Crippen LogP contribution in [-0.4, -0.2) is 31.1 Å². The highest BCUT2D eigenvalue weighted by Crippen LogP contribution is 2.07. The first-order chi connectivity index (χ1) is 8.58. The molecule has 0 amide bonds. The third-order valence-corrected chi connectivity index (χ3v) is 2.11. The van der Waals surface area contributed by atoms with Gasteiger partial charge < -0.3 is 14.8 Å². The lowest BCUT2D eigenvalue weighted by atomic mass is 10.3. The largest absolute Gasteiger partial charge is 0.465 e. The standard InChI is InChI=1S/C12H14N2O4/c1-8-4-5-9(6-13-8)14-7-10(11(15)17-2)12(16)18-3/h4-7,14H,1-3H3. The molecule has 0 radical (unpaired) electrons. The van der Waals surface area contributed by atoms with Gasteiger partial charge in [-0.1, -0.05) is 0 Å². The van der Waals surface area contributed by atoms with E-state index in [0.29, 0.717) is 5.69 Å². The molecule has 1 aromatic heterocycles. The average molecular weight is 250 g/mol. The van der Waals surface area contributed by atoms with Gasteiger partial charge in [0, 0.05) is 11.9 Å². The Kier molecular flexibility index (Phi) is 4.86. The van der Waals surface area contributed by atoms with Crippen molar-refractivity contribution in [3.63, 3.8) is 0 Å². The first-order valence-electron chi connectivity index (χ1n) is 5.14. The fourth-order valence-corrected chi connectivity index (χ4v) is 1.13. The lowest BCUT2D eigenvalue weighted by molar-refractivity contribution is -0.144. The predicted molar refractivity (Wildman–Crippen MR) is 64.7 cm³/mol. The minimum atomic E-state index is -0.769. The van der Waals surface area contributed by atoms with Crippen molar-refractivity contribution >= 4 is 17.6 Å². The smallest absolute Gasteiger partial charge is 0.346 e. The molecule has 1 N–H and O–H groups in total. The van der Waals surface area contributed by atoms with Crippen LogP contribution in [0.4, 0.5) is 5.69 Å². The Balaban J connectivity index is 2.86. The molecule has 0 saturated heterocycles. The van der Waals surface area contributed by atoms with Crippen LogP contribution in [0.2, 0.25) is 0 Å². The van der Waals surface area contributed by atoms with Gasteiger partial charge in [-0.2, -0.15) is 0 Å². The van der Waals surface area contributed by atoms with Gasteiger partial charge in [0.25, 0.3) is 0 Å². The van der Waals surface area contributed by atoms with Gasteiger partial charge >= 0.3 is 11.9 Å². The number of aryl methyl sites for hydroxylation is 1. The van der Waals surface area contributed by atoms with E-state index in [1.54, 1.807) is 18.3 Å². The summed E-state index contributed by atoms with van der Waals surface area (Å²) in [6.45, 7) is 1.86. The Morgan fingerprint density at radius 1 is 1.22 bits per heavy atom. The number of esters is 2. The summed E-state index contributed by atoms with van der Waals surface area (Å²) >= 11 is 0. The second kappa shape index (κ2) is 6.39. The van der Waals surface area contributed by atoms with E-state index in [2.05, 4.69) is 19.8 Å². The zero-order valence-electron chi connectivity index (χ0n) is 10.4. The third kappa shape index (κ3) is 3.58. The fourth-order valence-electron chi connectivity index (χ4n) is 1.13. The third-order valence-electron chi connectivity index (χ3n) is 2.11. The lowest BCUT2D eigenvalue weighted by Gasteiger charge is -2.05. The average Bonchev–Trinajstić information content (AvgIpc) is 2.40. The Morgan fingerprint density at radius 3 is 2.28 bits per heavy atom. The monoisotopic (exact) mass is 250 g/mol. The number of carbonyl (C=O) groups is 2. The zero-order valence-corrected chi connectivity index (χ0v) is 10.4. The summed E-state index contributed by atoms with van der Waals surface area (Å²) in [6.07, 6.45) is 2.81. The number of ether oxygens (including phenoxy) is 2. The van der Waals surface area contributed by atoms with Gasteiger partial charge in [-0.25, -0.2) is 9.59 Å². The van der Waals surface area contributed by atoms with Crippen molar-refractivity contribution in [3.8, 4) is 0 Å². The molecule has 0 atom stereocenters. The Bertz CT molecular complexity index is 447. The Labute approximate surface area is 105 Å². The predicted octanol–water partition coefficient (Wildman–Crippen LogP) is 1.03. The number of carbonyl (C=O) groups excluding carboxylic acids is 2. The van der Waals surface area contributed by atoms with E-state index in [-0.39, 0.29) is 5.57 Å². The molecule has 96 valence electrons. The fraction of sp³-hybridized carbons (Fsp3) is 0.250. The van der Waals surface area contributed by atoms with Crippen LogP contribution in [0, 0.1) is 6.92 Å². The van der Waals surface area contributed by atoms with Crippen molar-refractivity contribution in [2.24, 2.45) is 0 Å². The first kappa shape index (κ1) is 13.7. The Hall–Kier alpha value is -2.37. The molecule has 0 aliphatic rings. The van der Waals surface area contributed by atoms with Gasteiger partial charge in [0.2, 0.25) is 0 Å². The van der Waals surface area contributed by atoms with Crippen LogP contribution >= 0.6 is 0 Å². The summed E-state index contributed by atoms with van der Waals surface area (Å²) < 4.78 is 8.96. The van der Waals surface area contributed by atoms with E-state index in [9.17, 15) is 9.59 Å². The van der Waals surface area contributed by atoms with Gasteiger partial charge in [-0.15, -0.1) is 0 Å². The molecular formula is C12H14N2O4. The highest BCUT2D eigenvalue weighted by molar-refractivity contribution is 6.14. The molecule has 0 aliphatic heterocycles. The molecule has 0 aromatic carbocycles. The number of nitrogens with one attached hydrogen (secondary N) is 1. The van der Waals surface area contributed by atoms with Gasteiger partial charge in [-0.05, 0) is 19.1 Å². The summed E-state index contributed by atoms with van der Waals surface area (Å²) in [5, 5.41) is 2.78. The summed E-state index contributed by atoms with van der Waals surface area (Å²) in [5.74, 6) is -1.54. The molecule has 18 heavy (non-hydrogen) atoms. The van der Waals surface area contributed by atoms with Gasteiger partial charge in [-0.3, -0.25) is 4.98 Å². The van der Waals surface area contributed by atoms with E-state index < -0.39 is 11.9 Å². The van der Waals surface area contributed by atoms with Crippen molar-refractivity contribution in [3.05, 3.63) is 35.8 Å². The second-order valence-electron chi connectivity index (χ2n) is 3.37. The molecule has 0 bridgehead atoms. The van der Waals surface area contributed by atoms with Crippen molar-refractivity contribution in [2.45, 2.75) is 6.92 Å². The molecule has 0 spiro atoms. The topological polar surface area (TPSA) is 77.5 Å². The maximum absolute atomic E-state index is 11.3. The lowest BCUT2D eigenvalue weighted by Crippen LogP contribution is -2.17. The molecule has 1 heterocycles. The van der Waals surface area contributed by atoms with Crippen molar-refractivity contribution in [1.29, 1.82) is 0 Å². The number of hydrogen-bond donors (Lipinski definition) is 1. The minimum absolute atomic E-state index is 0.222. The van der Waals surface area contributed by atoms with E-state index in [4.69, 9.17) is 0 Å². The molecule has 0 aliphatic carbocycles. The van der Waals surface area contributed by atoms with Crippen LogP contribution in [0.25, 0.3) is 0 Å². The second-order valence-corrected chi connectivity index (χ2v) is 3.37. The van der Waals surface area contributed by atoms with Gasteiger partial charge in [0.15, 0.2) is 5.57 Å². The van der Waals surface area contributed by atoms with Crippen molar-refractivity contribution in [1.82, 2.24) is 4.98 Å². The number of methoxy groups -OCH3 is 2. The zero-order chi connectivity index (χ0) is 13.5. The normalized spacial score (nSPS) is 9.28. The number of pyridine rings is 1. The number of rotatable bonds is 4. The quantitative estimate of drug-likeness (QED) is 0.372. The SMILES string of the molecule is COC(=O)C(=CNc1ccc(C)nc1)C(=O)OC. The van der Waals surface area contributed by atoms with Crippen molar-refractivity contribution in [2.75, 3.05) is 19.5 Å². The molecule has 6 heteroatoms. The number of anilines is 1. The van der Waals surface area contributed by atoms with Crippen molar-refractivity contribution < 1.29 is 19.1 Å². The highest BCUT2D eigenvalue weighted by Gasteiger charge is 2.19. The van der Waals surface area contributed by atoms with Crippen LogP contribution in [0.15, 0.2) is 30.1 Å². The summed E-state index contributed by atoms with van der Waals surface area (Å²) in [6, 6.07) is 3.57. The van der Waals surface area contributed by atoms with Crippen LogP contribution in [0.3, 0.4) is 0 Å². The molecular weight excluding hydrogens is 236 g/mol.